The van der Waals surface area contributed by atoms with Crippen LogP contribution < -0.4 is 11.1 Å². The van der Waals surface area contributed by atoms with Gasteiger partial charge in [-0.1, -0.05) is 23.8 Å². The molecule has 1 aliphatic carbocycles. The predicted molar refractivity (Wildman–Crippen MR) is 110 cm³/mol. The van der Waals surface area contributed by atoms with Gasteiger partial charge >= 0.3 is 0 Å². The molecule has 0 spiro atoms. The molecule has 4 rings (SSSR count). The number of benzene rings is 1. The van der Waals surface area contributed by atoms with Crippen LogP contribution in [0.5, 0.6) is 0 Å². The molecule has 2 heterocycles. The van der Waals surface area contributed by atoms with Crippen LogP contribution in [0.3, 0.4) is 0 Å². The number of aromatic nitrogens is 1. The molecule has 1 aromatic carbocycles. The number of H-pyrrole nitrogens is 1. The van der Waals surface area contributed by atoms with Crippen molar-refractivity contribution in [3.63, 3.8) is 0 Å². The molecular weight excluding hydrogens is 356 g/mol. The number of aliphatic hydroxyl groups is 2. The summed E-state index contributed by atoms with van der Waals surface area (Å²) in [5, 5.41) is 22.6. The number of nitrogens with two attached hydrogens (primary N) is 1. The average Bonchev–Trinajstić information content (AvgIpc) is 3.28. The minimum Gasteiger partial charge on any atom is -0.390 e. The van der Waals surface area contributed by atoms with Gasteiger partial charge in [0.1, 0.15) is 18.3 Å². The third kappa shape index (κ3) is 4.73. The molecule has 1 aliphatic heterocycles. The Morgan fingerprint density at radius 1 is 1.21 bits per heavy atom. The van der Waals surface area contributed by atoms with Crippen LogP contribution >= 0.6 is 0 Å². The number of anilines is 1. The highest BCUT2D eigenvalue weighted by Crippen LogP contribution is 2.30. The fourth-order valence-electron chi connectivity index (χ4n) is 3.81. The number of nitrogens with zero attached hydrogens (tertiary/aromatic N) is 1. The van der Waals surface area contributed by atoms with Crippen molar-refractivity contribution >= 4 is 11.7 Å². The lowest BCUT2D eigenvalue weighted by atomic mass is 9.92. The Labute approximate surface area is 165 Å². The molecule has 1 saturated carbocycles. The van der Waals surface area contributed by atoms with Crippen molar-refractivity contribution in [3.8, 4) is 0 Å². The van der Waals surface area contributed by atoms with E-state index in [9.17, 15) is 10.2 Å². The van der Waals surface area contributed by atoms with E-state index in [-0.39, 0.29) is 5.92 Å². The number of ether oxygens (including phenoxy) is 1. The Bertz CT molecular complexity index is 818. The molecule has 0 amide bonds. The summed E-state index contributed by atoms with van der Waals surface area (Å²) in [6.45, 7) is 3.23. The molecule has 28 heavy (non-hydrogen) atoms. The topological polar surface area (TPSA) is 116 Å². The van der Waals surface area contributed by atoms with E-state index in [1.54, 1.807) is 7.11 Å². The van der Waals surface area contributed by atoms with Gasteiger partial charge in [0, 0.05) is 13.3 Å². The lowest BCUT2D eigenvalue weighted by Crippen LogP contribution is -2.26. The molecule has 152 valence electrons. The quantitative estimate of drug-likeness (QED) is 0.551. The Hall–Kier alpha value is -2.35. The molecule has 7 heteroatoms. The largest absolute Gasteiger partial charge is 0.390 e. The van der Waals surface area contributed by atoms with Crippen molar-refractivity contribution in [2.24, 2.45) is 16.6 Å². The van der Waals surface area contributed by atoms with E-state index >= 15 is 0 Å². The second-order valence-electron chi connectivity index (χ2n) is 7.45. The third-order valence-corrected chi connectivity index (χ3v) is 5.38. The van der Waals surface area contributed by atoms with Gasteiger partial charge in [-0.25, -0.2) is 4.99 Å². The first kappa shape index (κ1) is 20.4. The first-order valence-corrected chi connectivity index (χ1v) is 9.64. The number of amidine groups is 1. The number of aryl methyl sites for hydroxylation is 1. The Kier molecular flexibility index (Phi) is 6.72. The summed E-state index contributed by atoms with van der Waals surface area (Å²) in [6.07, 6.45) is 3.12. The smallest absolute Gasteiger partial charge is 0.131 e. The number of aliphatic hydroxyl groups excluding tert-OH is 2. The maximum absolute atomic E-state index is 9.91. The molecule has 2 aliphatic rings. The predicted octanol–water partition coefficient (Wildman–Crippen LogP) is 1.92. The lowest BCUT2D eigenvalue weighted by Gasteiger charge is -2.18. The van der Waals surface area contributed by atoms with Crippen LogP contribution in [0.25, 0.3) is 0 Å². The summed E-state index contributed by atoms with van der Waals surface area (Å²) < 4.78 is 5.22. The van der Waals surface area contributed by atoms with Gasteiger partial charge in [0.2, 0.25) is 0 Å². The molecule has 0 saturated heterocycles. The standard InChI is InChI=1S/C15H22O3.C6H8N4/c1-10-3-4-11(13(7-10)9-18-2)8-12-5-6-14(16)15(12)17;7-5-4-1-2-8-6(4)10-3-9-5/h3-4,7,12,14-17H,5-6,8-9H2,1-2H3;1-2,8,10H,3H2,(H2,7,9). The van der Waals surface area contributed by atoms with Crippen LogP contribution in [-0.2, 0) is 17.8 Å². The Balaban J connectivity index is 0.000000188. The number of nitrogens with one attached hydrogen (secondary N) is 2. The van der Waals surface area contributed by atoms with Gasteiger partial charge in [-0.3, -0.25) is 0 Å². The molecular formula is C21H30N4O3. The third-order valence-electron chi connectivity index (χ3n) is 5.38. The van der Waals surface area contributed by atoms with Crippen molar-refractivity contribution < 1.29 is 14.9 Å². The van der Waals surface area contributed by atoms with Gasteiger partial charge in [0.15, 0.2) is 0 Å². The van der Waals surface area contributed by atoms with Crippen molar-refractivity contribution in [2.45, 2.75) is 45.0 Å². The highest BCUT2D eigenvalue weighted by atomic mass is 16.5. The SMILES string of the molecule is COCc1cc(C)ccc1CC1CCC(O)C1O.NC1=NCNc2[nH]ccc21. The molecule has 0 bridgehead atoms. The fraction of sp³-hybridized carbons (Fsp3) is 0.476. The number of methoxy groups -OCH3 is 1. The van der Waals surface area contributed by atoms with E-state index in [1.807, 2.05) is 12.3 Å². The molecule has 1 fully saturated rings. The lowest BCUT2D eigenvalue weighted by molar-refractivity contribution is 0.0206. The van der Waals surface area contributed by atoms with E-state index in [4.69, 9.17) is 10.5 Å². The number of hydrogen-bond donors (Lipinski definition) is 5. The Morgan fingerprint density at radius 2 is 2.04 bits per heavy atom. The molecule has 2 aromatic rings. The molecule has 6 N–H and O–H groups in total. The monoisotopic (exact) mass is 386 g/mol. The molecule has 0 radical (unpaired) electrons. The van der Waals surface area contributed by atoms with Gasteiger partial charge in [-0.2, -0.15) is 0 Å². The summed E-state index contributed by atoms with van der Waals surface area (Å²) in [5.74, 6) is 1.74. The van der Waals surface area contributed by atoms with Crippen molar-refractivity contribution in [2.75, 3.05) is 19.1 Å². The van der Waals surface area contributed by atoms with E-state index in [0.717, 1.165) is 24.2 Å². The van der Waals surface area contributed by atoms with Crippen LogP contribution in [0.2, 0.25) is 0 Å². The average molecular weight is 386 g/mol. The highest BCUT2D eigenvalue weighted by Gasteiger charge is 2.33. The number of hydrogen-bond acceptors (Lipinski definition) is 6. The summed E-state index contributed by atoms with van der Waals surface area (Å²) in [5.41, 5.74) is 10.2. The first-order chi connectivity index (χ1) is 13.5. The molecule has 7 nitrogen and oxygen atoms in total. The minimum absolute atomic E-state index is 0.165. The van der Waals surface area contributed by atoms with E-state index in [0.29, 0.717) is 25.5 Å². The van der Waals surface area contributed by atoms with E-state index in [1.165, 1.54) is 16.7 Å². The summed E-state index contributed by atoms with van der Waals surface area (Å²) in [4.78, 5) is 7.02. The van der Waals surface area contributed by atoms with E-state index in [2.05, 4.69) is 40.4 Å². The fourth-order valence-corrected chi connectivity index (χ4v) is 3.81. The Morgan fingerprint density at radius 3 is 2.71 bits per heavy atom. The number of aliphatic imine (C=N–C) groups is 1. The molecule has 3 unspecified atom stereocenters. The van der Waals surface area contributed by atoms with Crippen molar-refractivity contribution in [3.05, 3.63) is 52.7 Å². The first-order valence-electron chi connectivity index (χ1n) is 9.64. The summed E-state index contributed by atoms with van der Waals surface area (Å²) in [6, 6.07) is 8.24. The summed E-state index contributed by atoms with van der Waals surface area (Å²) in [7, 11) is 1.69. The van der Waals surface area contributed by atoms with Gasteiger partial charge in [0.05, 0.1) is 24.4 Å². The van der Waals surface area contributed by atoms with Gasteiger partial charge < -0.3 is 31.0 Å². The molecule has 3 atom stereocenters. The molecule has 1 aromatic heterocycles. The van der Waals surface area contributed by atoms with Crippen LogP contribution in [0.1, 0.15) is 35.1 Å². The van der Waals surface area contributed by atoms with Crippen LogP contribution in [0, 0.1) is 12.8 Å². The number of fused-ring (bicyclic) bond motifs is 1. The van der Waals surface area contributed by atoms with Gasteiger partial charge in [-0.05, 0) is 49.3 Å². The zero-order chi connectivity index (χ0) is 20.1. The summed E-state index contributed by atoms with van der Waals surface area (Å²) >= 11 is 0. The maximum atomic E-state index is 9.91. The van der Waals surface area contributed by atoms with Crippen LogP contribution in [0.4, 0.5) is 5.82 Å². The normalized spacial score (nSPS) is 23.3. The minimum atomic E-state index is -0.582. The maximum Gasteiger partial charge on any atom is 0.131 e. The zero-order valence-corrected chi connectivity index (χ0v) is 16.5. The second-order valence-corrected chi connectivity index (χ2v) is 7.45. The van der Waals surface area contributed by atoms with Gasteiger partial charge in [0.25, 0.3) is 0 Å². The number of aromatic amines is 1. The van der Waals surface area contributed by atoms with Crippen molar-refractivity contribution in [1.82, 2.24) is 4.98 Å². The van der Waals surface area contributed by atoms with Crippen LogP contribution in [0.15, 0.2) is 35.5 Å². The van der Waals surface area contributed by atoms with Crippen molar-refractivity contribution in [1.29, 1.82) is 0 Å². The van der Waals surface area contributed by atoms with Gasteiger partial charge in [-0.15, -0.1) is 0 Å². The van der Waals surface area contributed by atoms with E-state index < -0.39 is 12.2 Å². The van der Waals surface area contributed by atoms with Crippen LogP contribution in [-0.4, -0.2) is 47.0 Å². The second kappa shape index (κ2) is 9.23. The number of rotatable bonds is 4. The highest BCUT2D eigenvalue weighted by molar-refractivity contribution is 6.02. The zero-order valence-electron chi connectivity index (χ0n) is 16.5.